The number of benzene rings is 2. The summed E-state index contributed by atoms with van der Waals surface area (Å²) < 4.78 is 34.3. The van der Waals surface area contributed by atoms with Gasteiger partial charge in [0.2, 0.25) is 15.9 Å². The van der Waals surface area contributed by atoms with Crippen LogP contribution in [0.15, 0.2) is 64.0 Å². The van der Waals surface area contributed by atoms with E-state index in [1.165, 1.54) is 4.31 Å². The van der Waals surface area contributed by atoms with Crippen LogP contribution in [0.3, 0.4) is 0 Å². The number of carbonyl (C=O) groups is 1. The van der Waals surface area contributed by atoms with Gasteiger partial charge in [0.05, 0.1) is 5.92 Å². The zero-order valence-electron chi connectivity index (χ0n) is 21.9. The predicted molar refractivity (Wildman–Crippen MR) is 148 cm³/mol. The molecule has 1 unspecified atom stereocenters. The Bertz CT molecular complexity index is 1390. The minimum absolute atomic E-state index is 0.0409. The molecule has 1 aromatic heterocycles. The lowest BCUT2D eigenvalue weighted by atomic mass is 9.97. The fourth-order valence-corrected chi connectivity index (χ4v) is 7.00. The molecule has 0 saturated carbocycles. The molecule has 1 atom stereocenters. The summed E-state index contributed by atoms with van der Waals surface area (Å²) in [6.45, 7) is 7.00. The lowest BCUT2D eigenvalue weighted by Gasteiger charge is -2.39. The van der Waals surface area contributed by atoms with E-state index in [0.717, 1.165) is 29.9 Å². The fraction of sp³-hybridized carbons (Fsp3) is 0.379. The minimum atomic E-state index is -3.89. The lowest BCUT2D eigenvalue weighted by Crippen LogP contribution is -2.53. The standard InChI is InChI=1S/C29H34N4O4S/c1-22-10-12-24(13-11-22)14-15-27-28(23(2)30-37-27)38(35,36)33-16-6-7-25(21-33)29(34)32-19-17-31(18-20-32)26-8-4-3-5-9-26/h3-5,8-15,25H,6-7,16-21H2,1-2H3/b15-14+. The molecule has 2 fully saturated rings. The van der Waals surface area contributed by atoms with Gasteiger partial charge < -0.3 is 14.3 Å². The molecule has 2 aromatic carbocycles. The second kappa shape index (κ2) is 11.1. The van der Waals surface area contributed by atoms with E-state index in [1.807, 2.05) is 60.4 Å². The number of nitrogens with zero attached hydrogens (tertiary/aromatic N) is 4. The summed E-state index contributed by atoms with van der Waals surface area (Å²) in [5.74, 6) is -0.110. The molecule has 0 bridgehead atoms. The monoisotopic (exact) mass is 534 g/mol. The van der Waals surface area contributed by atoms with Gasteiger partial charge in [-0.05, 0) is 50.5 Å². The molecule has 0 spiro atoms. The third-order valence-electron chi connectivity index (χ3n) is 7.38. The molecular formula is C29H34N4O4S. The number of hydrogen-bond acceptors (Lipinski definition) is 6. The minimum Gasteiger partial charge on any atom is -0.368 e. The number of sulfonamides is 1. The Morgan fingerprint density at radius 3 is 2.37 bits per heavy atom. The van der Waals surface area contributed by atoms with Gasteiger partial charge in [-0.15, -0.1) is 0 Å². The Kier molecular flexibility index (Phi) is 7.67. The van der Waals surface area contributed by atoms with E-state index in [4.69, 9.17) is 4.52 Å². The Morgan fingerprint density at radius 2 is 1.66 bits per heavy atom. The van der Waals surface area contributed by atoms with Crippen molar-refractivity contribution in [2.24, 2.45) is 5.92 Å². The topological polar surface area (TPSA) is 87.0 Å². The van der Waals surface area contributed by atoms with Gasteiger partial charge in [0.15, 0.2) is 10.7 Å². The normalized spacial score (nSPS) is 19.3. The van der Waals surface area contributed by atoms with Crippen LogP contribution in [-0.2, 0) is 14.8 Å². The van der Waals surface area contributed by atoms with Crippen molar-refractivity contribution in [3.05, 3.63) is 77.2 Å². The smallest absolute Gasteiger partial charge is 0.248 e. The molecule has 200 valence electrons. The van der Waals surface area contributed by atoms with Crippen LogP contribution in [0.2, 0.25) is 0 Å². The van der Waals surface area contributed by atoms with Gasteiger partial charge in [0, 0.05) is 45.0 Å². The van der Waals surface area contributed by atoms with E-state index >= 15 is 0 Å². The van der Waals surface area contributed by atoms with E-state index in [0.29, 0.717) is 38.2 Å². The number of amides is 1. The Labute approximate surface area is 224 Å². The van der Waals surface area contributed by atoms with Crippen molar-refractivity contribution in [1.29, 1.82) is 0 Å². The number of para-hydroxylation sites is 1. The molecule has 2 aliphatic rings. The van der Waals surface area contributed by atoms with Crippen LogP contribution in [0.4, 0.5) is 5.69 Å². The summed E-state index contributed by atoms with van der Waals surface area (Å²) in [4.78, 5) is 17.7. The Morgan fingerprint density at radius 1 is 0.947 bits per heavy atom. The van der Waals surface area contributed by atoms with Crippen LogP contribution in [-0.4, -0.2) is 68.0 Å². The van der Waals surface area contributed by atoms with Crippen molar-refractivity contribution in [3.8, 4) is 0 Å². The predicted octanol–water partition coefficient (Wildman–Crippen LogP) is 4.21. The summed E-state index contributed by atoms with van der Waals surface area (Å²) in [7, 11) is -3.89. The van der Waals surface area contributed by atoms with Gasteiger partial charge in [0.1, 0.15) is 5.69 Å². The molecule has 3 aromatic rings. The molecule has 0 aliphatic carbocycles. The number of piperidine rings is 1. The third-order valence-corrected chi connectivity index (χ3v) is 9.41. The quantitative estimate of drug-likeness (QED) is 0.471. The molecule has 38 heavy (non-hydrogen) atoms. The third kappa shape index (κ3) is 5.54. The maximum atomic E-state index is 13.8. The van der Waals surface area contributed by atoms with Gasteiger partial charge in [-0.2, -0.15) is 4.31 Å². The highest BCUT2D eigenvalue weighted by Gasteiger charge is 2.38. The van der Waals surface area contributed by atoms with Gasteiger partial charge in [-0.25, -0.2) is 8.42 Å². The van der Waals surface area contributed by atoms with E-state index in [2.05, 4.69) is 22.2 Å². The van der Waals surface area contributed by atoms with Crippen LogP contribution in [0.1, 0.15) is 35.4 Å². The molecule has 8 nitrogen and oxygen atoms in total. The van der Waals surface area contributed by atoms with Gasteiger partial charge >= 0.3 is 0 Å². The number of hydrogen-bond donors (Lipinski definition) is 0. The number of piperazine rings is 1. The first-order chi connectivity index (χ1) is 18.3. The SMILES string of the molecule is Cc1ccc(/C=C/c2onc(C)c2S(=O)(=O)N2CCCC(C(=O)N3CCN(c4ccccc4)CC3)C2)cc1. The number of anilines is 1. The van der Waals surface area contributed by atoms with E-state index in [-0.39, 0.29) is 29.0 Å². The number of aryl methyl sites for hydroxylation is 2. The van der Waals surface area contributed by atoms with E-state index in [1.54, 1.807) is 13.0 Å². The van der Waals surface area contributed by atoms with Crippen LogP contribution in [0.5, 0.6) is 0 Å². The highest BCUT2D eigenvalue weighted by Crippen LogP contribution is 2.30. The van der Waals surface area contributed by atoms with Crippen molar-refractivity contribution in [2.45, 2.75) is 31.6 Å². The first-order valence-electron chi connectivity index (χ1n) is 13.1. The van der Waals surface area contributed by atoms with Crippen molar-refractivity contribution < 1.29 is 17.7 Å². The molecule has 3 heterocycles. The summed E-state index contributed by atoms with van der Waals surface area (Å²) in [5, 5.41) is 3.95. The number of carbonyl (C=O) groups excluding carboxylic acids is 1. The fourth-order valence-electron chi connectivity index (χ4n) is 5.22. The number of rotatable bonds is 6. The van der Waals surface area contributed by atoms with Crippen molar-refractivity contribution in [2.75, 3.05) is 44.2 Å². The molecule has 9 heteroatoms. The lowest BCUT2D eigenvalue weighted by molar-refractivity contribution is -0.137. The zero-order valence-corrected chi connectivity index (χ0v) is 22.7. The van der Waals surface area contributed by atoms with Gasteiger partial charge in [-0.3, -0.25) is 4.79 Å². The van der Waals surface area contributed by atoms with Crippen LogP contribution < -0.4 is 4.90 Å². The second-order valence-electron chi connectivity index (χ2n) is 10.1. The second-order valence-corrected chi connectivity index (χ2v) is 11.9. The van der Waals surface area contributed by atoms with Crippen molar-refractivity contribution in [1.82, 2.24) is 14.4 Å². The van der Waals surface area contributed by atoms with Gasteiger partial charge in [0.25, 0.3) is 0 Å². The molecule has 0 N–H and O–H groups in total. The molecular weight excluding hydrogens is 500 g/mol. The Hall–Kier alpha value is -3.43. The zero-order chi connectivity index (χ0) is 26.7. The first kappa shape index (κ1) is 26.2. The molecule has 1 amide bonds. The van der Waals surface area contributed by atoms with E-state index < -0.39 is 10.0 Å². The number of aromatic nitrogens is 1. The molecule has 5 rings (SSSR count). The summed E-state index contributed by atoms with van der Waals surface area (Å²) in [6.07, 6.45) is 4.79. The molecule has 2 saturated heterocycles. The Balaban J connectivity index is 1.27. The maximum Gasteiger partial charge on any atom is 0.248 e. The largest absolute Gasteiger partial charge is 0.368 e. The summed E-state index contributed by atoms with van der Waals surface area (Å²) >= 11 is 0. The van der Waals surface area contributed by atoms with Gasteiger partial charge in [-0.1, -0.05) is 59.3 Å². The van der Waals surface area contributed by atoms with E-state index in [9.17, 15) is 13.2 Å². The molecule has 2 aliphatic heterocycles. The first-order valence-corrected chi connectivity index (χ1v) is 14.6. The average Bonchev–Trinajstić information content (AvgIpc) is 3.34. The average molecular weight is 535 g/mol. The summed E-state index contributed by atoms with van der Waals surface area (Å²) in [6, 6.07) is 18.1. The maximum absolute atomic E-state index is 13.8. The van der Waals surface area contributed by atoms with Crippen LogP contribution in [0, 0.1) is 19.8 Å². The highest BCUT2D eigenvalue weighted by molar-refractivity contribution is 7.89. The molecule has 0 radical (unpaired) electrons. The van der Waals surface area contributed by atoms with Crippen LogP contribution in [0.25, 0.3) is 12.2 Å². The van der Waals surface area contributed by atoms with Crippen molar-refractivity contribution >= 4 is 33.8 Å². The van der Waals surface area contributed by atoms with Crippen molar-refractivity contribution in [3.63, 3.8) is 0 Å². The summed E-state index contributed by atoms with van der Waals surface area (Å²) in [5.41, 5.74) is 3.56. The van der Waals surface area contributed by atoms with Crippen LogP contribution >= 0.6 is 0 Å². The highest BCUT2D eigenvalue weighted by atomic mass is 32.2.